The molecular weight excluding hydrogens is 962 g/mol. The van der Waals surface area contributed by atoms with Crippen molar-refractivity contribution in [2.24, 2.45) is 0 Å². The van der Waals surface area contributed by atoms with Crippen LogP contribution in [-0.4, -0.2) is 316 Å². The Morgan fingerprint density at radius 1 is 0.500 bits per heavy atom. The number of amides is 1. The molecule has 1 amide bonds. The van der Waals surface area contributed by atoms with E-state index in [1.807, 2.05) is 0 Å². The molecule has 11 unspecified atom stereocenters. The van der Waals surface area contributed by atoms with Gasteiger partial charge in [-0.3, -0.25) is 4.79 Å². The number of nitrogens with one attached hydrogen (secondary N) is 1. The van der Waals surface area contributed by atoms with Crippen molar-refractivity contribution in [3.8, 4) is 0 Å². The SMILES string of the molecule is CC(=O)N[C@H]1C(O[C@@H]2OC(CO)[C@H](O)C(O)[C@@H]2O[C@@H]2OC(C)[C@@H](O)C(O)[C@@H]2O)[C@@H](O)C(CO)O[C@H]1O[C@@H]1C(O)[C@@H](O[C@H]2C(CO)O[C@@H](O[C@@H](C)C(CO)O[C@@H](O)[C@@H](O)CO)[C@@H](O)C2O)OC(CO)[C@@H]1O. The molecule has 31 nitrogen and oxygen atoms in total. The summed E-state index contributed by atoms with van der Waals surface area (Å²) >= 11 is 0. The molecule has 29 atom stereocenters. The van der Waals surface area contributed by atoms with Gasteiger partial charge in [0, 0.05) is 6.92 Å². The summed E-state index contributed by atoms with van der Waals surface area (Å²) in [7, 11) is 0. The van der Waals surface area contributed by atoms with Crippen molar-refractivity contribution in [3.05, 3.63) is 0 Å². The topological polar surface area (TPSA) is 495 Å². The number of aliphatic hydroxyl groups is 18. The standard InChI is InChI=1S/C39H69NO30/c1-10(14(5-42)62-34(59)13(48)4-41)60-36-28(57)26(55)30(18(9-46)66-36)67-38-29(58)32(23(52)17(8-45)64-38)69-35-19(40-12(3)47)31(22(51)16(7-44)63-35)68-39-33(25(54)21(50)15(6-43)65-39)70-37-27(56)24(53)20(49)11(2)61-37/h10-11,13-39,41-46,48-59H,4-9H2,1-3H3,(H,40,47)/t10-,11?,13-,14?,15?,16?,17?,18?,19-,20+,21-,22-,23-,24?,25?,26?,27-,28-,29?,30-,31?,32-,33-,34+,35-,36+,37-,38+,39-/m0/s1. The lowest BCUT2D eigenvalue weighted by Gasteiger charge is -2.51. The van der Waals surface area contributed by atoms with Gasteiger partial charge in [-0.1, -0.05) is 0 Å². The first-order valence-electron chi connectivity index (χ1n) is 22.4. The molecule has 0 radical (unpaired) electrons. The smallest absolute Gasteiger partial charge is 0.217 e. The zero-order chi connectivity index (χ0) is 52.0. The number of hydrogen-bond acceptors (Lipinski definition) is 30. The van der Waals surface area contributed by atoms with E-state index in [0.717, 1.165) is 6.92 Å². The summed E-state index contributed by atoms with van der Waals surface area (Å²) in [4.78, 5) is 12.8. The predicted molar refractivity (Wildman–Crippen MR) is 216 cm³/mol. The van der Waals surface area contributed by atoms with E-state index in [1.165, 1.54) is 13.8 Å². The average molecular weight is 1030 g/mol. The summed E-state index contributed by atoms with van der Waals surface area (Å²) in [5.41, 5.74) is 0. The first-order valence-corrected chi connectivity index (χ1v) is 22.4. The van der Waals surface area contributed by atoms with Crippen molar-refractivity contribution in [2.45, 2.75) is 199 Å². The fourth-order valence-corrected chi connectivity index (χ4v) is 8.41. The van der Waals surface area contributed by atoms with Crippen LogP contribution >= 0.6 is 0 Å². The number of hydrogen-bond donors (Lipinski definition) is 19. The number of carbonyl (C=O) groups excluding carboxylic acids is 1. The molecule has 5 fully saturated rings. The first-order chi connectivity index (χ1) is 33.1. The Morgan fingerprint density at radius 2 is 0.971 bits per heavy atom. The number of rotatable bonds is 21. The highest BCUT2D eigenvalue weighted by Gasteiger charge is 2.57. The first kappa shape index (κ1) is 59.2. The maximum absolute atomic E-state index is 12.8. The third kappa shape index (κ3) is 13.2. The molecule has 5 rings (SSSR count). The average Bonchev–Trinajstić information content (AvgIpc) is 3.33. The van der Waals surface area contributed by atoms with Crippen LogP contribution in [0.2, 0.25) is 0 Å². The zero-order valence-corrected chi connectivity index (χ0v) is 37.9. The lowest BCUT2D eigenvalue weighted by atomic mass is 9.94. The van der Waals surface area contributed by atoms with Crippen LogP contribution < -0.4 is 5.32 Å². The van der Waals surface area contributed by atoms with E-state index in [0.29, 0.717) is 0 Å². The summed E-state index contributed by atoms with van der Waals surface area (Å²) < 4.78 is 62.6. The van der Waals surface area contributed by atoms with Crippen LogP contribution in [0, 0.1) is 0 Å². The van der Waals surface area contributed by atoms with E-state index in [-0.39, 0.29) is 0 Å². The highest BCUT2D eigenvalue weighted by Crippen LogP contribution is 2.36. The minimum Gasteiger partial charge on any atom is -0.394 e. The maximum Gasteiger partial charge on any atom is 0.217 e. The largest absolute Gasteiger partial charge is 0.394 e. The lowest BCUT2D eigenvalue weighted by molar-refractivity contribution is -0.391. The van der Waals surface area contributed by atoms with E-state index in [4.69, 9.17) is 57.2 Å². The van der Waals surface area contributed by atoms with Gasteiger partial charge in [0.15, 0.2) is 37.7 Å². The van der Waals surface area contributed by atoms with Gasteiger partial charge in [-0.2, -0.15) is 0 Å². The zero-order valence-electron chi connectivity index (χ0n) is 37.9. The van der Waals surface area contributed by atoms with E-state index < -0.39 is 224 Å². The van der Waals surface area contributed by atoms with Crippen molar-refractivity contribution in [3.63, 3.8) is 0 Å². The molecule has 410 valence electrons. The molecule has 31 heteroatoms. The van der Waals surface area contributed by atoms with Gasteiger partial charge in [-0.25, -0.2) is 0 Å². The molecule has 0 aromatic rings. The monoisotopic (exact) mass is 1030 g/mol. The molecule has 19 N–H and O–H groups in total. The molecule has 5 heterocycles. The molecule has 0 aliphatic carbocycles. The minimum absolute atomic E-state index is 0.827. The molecular formula is C39H69NO30. The number of carbonyl (C=O) groups is 1. The second kappa shape index (κ2) is 26.2. The van der Waals surface area contributed by atoms with Crippen LogP contribution in [0.5, 0.6) is 0 Å². The molecule has 0 aromatic heterocycles. The van der Waals surface area contributed by atoms with E-state index in [2.05, 4.69) is 5.32 Å². The van der Waals surface area contributed by atoms with Crippen molar-refractivity contribution >= 4 is 5.91 Å². The van der Waals surface area contributed by atoms with Gasteiger partial charge in [0.05, 0.1) is 51.8 Å². The quantitative estimate of drug-likeness (QED) is 0.0475. The Hall–Kier alpha value is -1.69. The lowest BCUT2D eigenvalue weighted by Crippen LogP contribution is -2.70. The molecule has 0 aromatic carbocycles. The molecule has 5 aliphatic rings. The van der Waals surface area contributed by atoms with Crippen LogP contribution in [-0.2, 0) is 56.9 Å². The van der Waals surface area contributed by atoms with Gasteiger partial charge >= 0.3 is 0 Å². The molecule has 5 aliphatic heterocycles. The third-order valence-electron chi connectivity index (χ3n) is 12.5. The van der Waals surface area contributed by atoms with Crippen molar-refractivity contribution in [2.75, 3.05) is 39.6 Å². The Morgan fingerprint density at radius 3 is 1.54 bits per heavy atom. The summed E-state index contributed by atoms with van der Waals surface area (Å²) in [6.45, 7) is -2.06. The van der Waals surface area contributed by atoms with Gasteiger partial charge in [0.25, 0.3) is 0 Å². The predicted octanol–water partition coefficient (Wildman–Crippen LogP) is -12.3. The Kier molecular flexibility index (Phi) is 22.1. The van der Waals surface area contributed by atoms with Gasteiger partial charge in [-0.15, -0.1) is 0 Å². The summed E-state index contributed by atoms with van der Waals surface area (Å²) in [5, 5.41) is 192. The van der Waals surface area contributed by atoms with E-state index in [9.17, 15) is 91.6 Å². The highest BCUT2D eigenvalue weighted by atomic mass is 16.8. The Balaban J connectivity index is 1.38. The van der Waals surface area contributed by atoms with Crippen LogP contribution in [0.25, 0.3) is 0 Å². The number of aliphatic hydroxyl groups excluding tert-OH is 18. The van der Waals surface area contributed by atoms with Gasteiger partial charge < -0.3 is 149 Å². The molecule has 70 heavy (non-hydrogen) atoms. The van der Waals surface area contributed by atoms with Gasteiger partial charge in [0.2, 0.25) is 5.91 Å². The second-order valence-electron chi connectivity index (χ2n) is 17.5. The highest BCUT2D eigenvalue weighted by molar-refractivity contribution is 5.73. The summed E-state index contributed by atoms with van der Waals surface area (Å²) in [5.74, 6) is -0.858. The van der Waals surface area contributed by atoms with Crippen molar-refractivity contribution in [1.29, 1.82) is 0 Å². The van der Waals surface area contributed by atoms with Gasteiger partial charge in [0.1, 0.15) is 128 Å². The van der Waals surface area contributed by atoms with Gasteiger partial charge in [-0.05, 0) is 13.8 Å². The van der Waals surface area contributed by atoms with Crippen molar-refractivity contribution in [1.82, 2.24) is 5.32 Å². The molecule has 0 saturated carbocycles. The van der Waals surface area contributed by atoms with Crippen LogP contribution in [0.4, 0.5) is 0 Å². The fourth-order valence-electron chi connectivity index (χ4n) is 8.41. The minimum atomic E-state index is -2.20. The molecule has 5 saturated heterocycles. The third-order valence-corrected chi connectivity index (χ3v) is 12.5. The van der Waals surface area contributed by atoms with E-state index >= 15 is 0 Å². The Bertz CT molecular complexity index is 1580. The molecule has 0 spiro atoms. The second-order valence-corrected chi connectivity index (χ2v) is 17.5. The summed E-state index contributed by atoms with van der Waals surface area (Å²) in [6, 6.07) is -1.78. The normalized spacial score (nSPS) is 46.7. The number of ether oxygens (including phenoxy) is 11. The van der Waals surface area contributed by atoms with Crippen LogP contribution in [0.3, 0.4) is 0 Å². The van der Waals surface area contributed by atoms with Crippen molar-refractivity contribution < 1.29 is 149 Å². The maximum atomic E-state index is 12.8. The molecule has 0 bridgehead atoms. The van der Waals surface area contributed by atoms with Crippen LogP contribution in [0.1, 0.15) is 20.8 Å². The Labute approximate surface area is 398 Å². The fraction of sp³-hybridized carbons (Fsp3) is 0.974. The summed E-state index contributed by atoms with van der Waals surface area (Å²) in [6.07, 6.45) is -51.2. The van der Waals surface area contributed by atoms with E-state index in [1.54, 1.807) is 0 Å². The van der Waals surface area contributed by atoms with Crippen LogP contribution in [0.15, 0.2) is 0 Å².